The van der Waals surface area contributed by atoms with Gasteiger partial charge in [-0.1, -0.05) is 6.42 Å². The Kier molecular flexibility index (Phi) is 3.12. The molecule has 1 aliphatic carbocycles. The van der Waals surface area contributed by atoms with Gasteiger partial charge < -0.3 is 15.8 Å². The second-order valence-corrected chi connectivity index (χ2v) is 4.28. The summed E-state index contributed by atoms with van der Waals surface area (Å²) in [6.45, 7) is 2.18. The maximum atomic E-state index is 5.59. The van der Waals surface area contributed by atoms with Crippen molar-refractivity contribution in [3.05, 3.63) is 6.07 Å². The summed E-state index contributed by atoms with van der Waals surface area (Å²) < 4.78 is 5.05. The Hall–Kier alpha value is -1.52. The van der Waals surface area contributed by atoms with Crippen LogP contribution in [-0.2, 0) is 0 Å². The van der Waals surface area contributed by atoms with Crippen molar-refractivity contribution in [3.63, 3.8) is 0 Å². The summed E-state index contributed by atoms with van der Waals surface area (Å²) in [6.07, 6.45) is 3.93. The predicted octanol–water partition coefficient (Wildman–Crippen LogP) is 1.67. The molecule has 0 bridgehead atoms. The molecule has 1 atom stereocenters. The molecule has 0 amide bonds. The molecule has 88 valence electrons. The Balaban J connectivity index is 2.04. The molecule has 1 fully saturated rings. The lowest BCUT2D eigenvalue weighted by Crippen LogP contribution is -2.31. The molecular weight excluding hydrogens is 204 g/mol. The maximum Gasteiger partial charge on any atom is 0.225 e. The van der Waals surface area contributed by atoms with E-state index in [2.05, 4.69) is 22.2 Å². The molecule has 1 saturated carbocycles. The van der Waals surface area contributed by atoms with Gasteiger partial charge in [0.2, 0.25) is 11.8 Å². The molecule has 0 aromatic carbocycles. The van der Waals surface area contributed by atoms with Gasteiger partial charge >= 0.3 is 0 Å². The number of rotatable bonds is 4. The number of hydrogen-bond donors (Lipinski definition) is 2. The van der Waals surface area contributed by atoms with Crippen LogP contribution in [0.25, 0.3) is 0 Å². The van der Waals surface area contributed by atoms with E-state index < -0.39 is 0 Å². The number of nitrogens with two attached hydrogens (primary N) is 1. The van der Waals surface area contributed by atoms with E-state index in [-0.39, 0.29) is 5.95 Å². The van der Waals surface area contributed by atoms with Crippen LogP contribution in [0, 0.1) is 5.92 Å². The number of methoxy groups -OCH3 is 1. The van der Waals surface area contributed by atoms with Crippen LogP contribution in [0.2, 0.25) is 0 Å². The predicted molar refractivity (Wildman–Crippen MR) is 63.4 cm³/mol. The van der Waals surface area contributed by atoms with Crippen molar-refractivity contribution < 1.29 is 4.74 Å². The summed E-state index contributed by atoms with van der Waals surface area (Å²) in [7, 11) is 1.57. The summed E-state index contributed by atoms with van der Waals surface area (Å²) in [5.41, 5.74) is 5.59. The summed E-state index contributed by atoms with van der Waals surface area (Å²) in [6, 6.07) is 2.19. The lowest BCUT2D eigenvalue weighted by atomic mass is 9.80. The van der Waals surface area contributed by atoms with E-state index in [1.54, 1.807) is 13.2 Å². The van der Waals surface area contributed by atoms with E-state index in [9.17, 15) is 0 Å². The number of nitrogens with one attached hydrogen (secondary N) is 1. The first-order valence-electron chi connectivity index (χ1n) is 5.64. The van der Waals surface area contributed by atoms with Gasteiger partial charge in [-0.3, -0.25) is 0 Å². The standard InChI is InChI=1S/C11H18N4O/c1-7(8-4-3-5-8)13-9-6-10(16-2)15-11(12)14-9/h6-8H,3-5H2,1-2H3,(H3,12,13,14,15). The van der Waals surface area contributed by atoms with Gasteiger partial charge in [0.1, 0.15) is 5.82 Å². The van der Waals surface area contributed by atoms with Gasteiger partial charge in [0, 0.05) is 12.1 Å². The summed E-state index contributed by atoms with van der Waals surface area (Å²) in [4.78, 5) is 8.08. The molecule has 3 N–H and O–H groups in total. The van der Waals surface area contributed by atoms with Crippen LogP contribution in [0.5, 0.6) is 5.88 Å². The van der Waals surface area contributed by atoms with E-state index in [0.29, 0.717) is 11.9 Å². The summed E-state index contributed by atoms with van der Waals surface area (Å²) in [5, 5.41) is 3.35. The van der Waals surface area contributed by atoms with E-state index in [1.807, 2.05) is 0 Å². The van der Waals surface area contributed by atoms with Crippen LogP contribution in [0.15, 0.2) is 6.07 Å². The second-order valence-electron chi connectivity index (χ2n) is 4.28. The second kappa shape index (κ2) is 4.55. The zero-order valence-electron chi connectivity index (χ0n) is 9.73. The van der Waals surface area contributed by atoms with Crippen LogP contribution in [-0.4, -0.2) is 23.1 Å². The minimum absolute atomic E-state index is 0.239. The average Bonchev–Trinajstić information content (AvgIpc) is 2.13. The number of nitrogen functional groups attached to an aromatic ring is 1. The van der Waals surface area contributed by atoms with Gasteiger partial charge in [-0.05, 0) is 25.7 Å². The largest absolute Gasteiger partial charge is 0.481 e. The third-order valence-electron chi connectivity index (χ3n) is 3.16. The molecule has 0 saturated heterocycles. The monoisotopic (exact) mass is 222 g/mol. The molecule has 5 heteroatoms. The number of aromatic nitrogens is 2. The third-order valence-corrected chi connectivity index (χ3v) is 3.16. The maximum absolute atomic E-state index is 5.59. The third kappa shape index (κ3) is 2.35. The zero-order valence-corrected chi connectivity index (χ0v) is 9.73. The van der Waals surface area contributed by atoms with E-state index >= 15 is 0 Å². The zero-order chi connectivity index (χ0) is 11.5. The molecule has 16 heavy (non-hydrogen) atoms. The molecule has 0 radical (unpaired) electrons. The highest BCUT2D eigenvalue weighted by molar-refractivity contribution is 5.43. The van der Waals surface area contributed by atoms with Gasteiger partial charge in [-0.25, -0.2) is 0 Å². The SMILES string of the molecule is COc1cc(NC(C)C2CCC2)nc(N)n1. The Bertz CT molecular complexity index is 365. The van der Waals surface area contributed by atoms with Crippen LogP contribution >= 0.6 is 0 Å². The van der Waals surface area contributed by atoms with E-state index in [4.69, 9.17) is 10.5 Å². The number of anilines is 2. The summed E-state index contributed by atoms with van der Waals surface area (Å²) in [5.74, 6) is 2.23. The molecule has 1 aliphatic rings. The fourth-order valence-corrected chi connectivity index (χ4v) is 1.91. The first kappa shape index (κ1) is 11.0. The lowest BCUT2D eigenvalue weighted by Gasteiger charge is -2.32. The van der Waals surface area contributed by atoms with Gasteiger partial charge in [-0.15, -0.1) is 0 Å². The smallest absolute Gasteiger partial charge is 0.225 e. The molecule has 1 heterocycles. The summed E-state index contributed by atoms with van der Waals surface area (Å²) >= 11 is 0. The molecule has 0 aliphatic heterocycles. The highest BCUT2D eigenvalue weighted by Gasteiger charge is 2.24. The quantitative estimate of drug-likeness (QED) is 0.810. The van der Waals surface area contributed by atoms with Crippen LogP contribution < -0.4 is 15.8 Å². The molecule has 2 rings (SSSR count). The topological polar surface area (TPSA) is 73.1 Å². The minimum atomic E-state index is 0.239. The number of nitrogens with zero attached hydrogens (tertiary/aromatic N) is 2. The van der Waals surface area contributed by atoms with Crippen molar-refractivity contribution in [2.75, 3.05) is 18.2 Å². The van der Waals surface area contributed by atoms with Crippen LogP contribution in [0.4, 0.5) is 11.8 Å². The van der Waals surface area contributed by atoms with Crippen molar-refractivity contribution in [2.45, 2.75) is 32.2 Å². The number of hydrogen-bond acceptors (Lipinski definition) is 5. The van der Waals surface area contributed by atoms with Crippen molar-refractivity contribution in [1.82, 2.24) is 9.97 Å². The normalized spacial score (nSPS) is 17.6. The first-order valence-corrected chi connectivity index (χ1v) is 5.64. The van der Waals surface area contributed by atoms with Crippen molar-refractivity contribution in [2.24, 2.45) is 5.92 Å². The van der Waals surface area contributed by atoms with Crippen molar-refractivity contribution in [1.29, 1.82) is 0 Å². The Morgan fingerprint density at radius 3 is 2.81 bits per heavy atom. The molecular formula is C11H18N4O. The van der Waals surface area contributed by atoms with Gasteiger partial charge in [0.05, 0.1) is 7.11 Å². The van der Waals surface area contributed by atoms with Crippen molar-refractivity contribution in [3.8, 4) is 5.88 Å². The van der Waals surface area contributed by atoms with E-state index in [0.717, 1.165) is 11.7 Å². The van der Waals surface area contributed by atoms with Crippen LogP contribution in [0.3, 0.4) is 0 Å². The van der Waals surface area contributed by atoms with Gasteiger partial charge in [-0.2, -0.15) is 9.97 Å². The van der Waals surface area contributed by atoms with Gasteiger partial charge in [0.15, 0.2) is 0 Å². The van der Waals surface area contributed by atoms with E-state index in [1.165, 1.54) is 19.3 Å². The highest BCUT2D eigenvalue weighted by atomic mass is 16.5. The highest BCUT2D eigenvalue weighted by Crippen LogP contribution is 2.31. The molecule has 1 unspecified atom stereocenters. The minimum Gasteiger partial charge on any atom is -0.481 e. The lowest BCUT2D eigenvalue weighted by molar-refractivity contribution is 0.285. The average molecular weight is 222 g/mol. The fraction of sp³-hybridized carbons (Fsp3) is 0.636. The van der Waals surface area contributed by atoms with Gasteiger partial charge in [0.25, 0.3) is 0 Å². The van der Waals surface area contributed by atoms with Crippen LogP contribution in [0.1, 0.15) is 26.2 Å². The van der Waals surface area contributed by atoms with Crippen molar-refractivity contribution >= 4 is 11.8 Å². The molecule has 1 aromatic heterocycles. The fourth-order valence-electron chi connectivity index (χ4n) is 1.91. The molecule has 5 nitrogen and oxygen atoms in total. The Labute approximate surface area is 95.4 Å². The molecule has 0 spiro atoms. The molecule has 1 aromatic rings. The Morgan fingerprint density at radius 2 is 2.25 bits per heavy atom. The Morgan fingerprint density at radius 1 is 1.50 bits per heavy atom. The number of ether oxygens (including phenoxy) is 1. The first-order chi connectivity index (χ1) is 7.69.